The monoisotopic (exact) mass is 358 g/mol. The zero-order chi connectivity index (χ0) is 18.1. The van der Waals surface area contributed by atoms with Crippen molar-refractivity contribution >= 4 is 11.9 Å². The maximum atomic E-state index is 11.1. The smallest absolute Gasteiger partial charge is 0.174 e. The molecule has 0 spiro atoms. The van der Waals surface area contributed by atoms with Gasteiger partial charge in [0.05, 0.1) is 5.91 Å². The van der Waals surface area contributed by atoms with Gasteiger partial charge in [-0.25, -0.2) is 0 Å². The van der Waals surface area contributed by atoms with Crippen molar-refractivity contribution in [2.45, 2.75) is 54.0 Å². The summed E-state index contributed by atoms with van der Waals surface area (Å²) in [5.74, 6) is -1.91. The van der Waals surface area contributed by atoms with E-state index in [0.717, 1.165) is 0 Å². The van der Waals surface area contributed by atoms with Crippen LogP contribution in [0.5, 0.6) is 0 Å². The number of carboxylic acids is 1. The summed E-state index contributed by atoms with van der Waals surface area (Å²) < 4.78 is 0. The molecule has 5 N–H and O–H groups in total. The zero-order valence-corrected chi connectivity index (χ0v) is 16.3. The molecule has 0 radical (unpaired) electrons. The first-order chi connectivity index (χ1) is 9.48. The number of aliphatic hydroxyl groups is 3. The van der Waals surface area contributed by atoms with Crippen molar-refractivity contribution in [1.29, 1.82) is 0 Å². The number of aliphatic hydroxyl groups excluding tert-OH is 3. The van der Waals surface area contributed by atoms with Crippen LogP contribution in [-0.2, 0) is 31.3 Å². The van der Waals surface area contributed by atoms with Crippen LogP contribution in [0.3, 0.4) is 0 Å². The third kappa shape index (κ3) is 42.7. The summed E-state index contributed by atoms with van der Waals surface area (Å²) in [5.41, 5.74) is -0.395. The van der Waals surface area contributed by atoms with E-state index in [1.165, 1.54) is 6.92 Å². The molecular weight excluding hydrogens is 326 g/mol. The molecule has 0 aromatic rings. The number of hydrogen-bond donors (Lipinski definition) is 5. The molecule has 0 saturated carbocycles. The van der Waals surface area contributed by atoms with E-state index >= 15 is 0 Å². The first kappa shape index (κ1) is 33.1. The minimum atomic E-state index is -1.18. The van der Waals surface area contributed by atoms with Crippen molar-refractivity contribution in [3.8, 4) is 0 Å². The molecule has 0 unspecified atom stereocenters. The van der Waals surface area contributed by atoms with Gasteiger partial charge in [-0.15, -0.1) is 0 Å². The van der Waals surface area contributed by atoms with E-state index in [1.54, 1.807) is 41.5 Å². The molecule has 0 heterocycles. The van der Waals surface area contributed by atoms with Gasteiger partial charge in [0.15, 0.2) is 5.97 Å². The molecule has 0 fully saturated rings. The summed E-state index contributed by atoms with van der Waals surface area (Å²) in [7, 11) is 0. The van der Waals surface area contributed by atoms with E-state index in [4.69, 9.17) is 20.4 Å². The number of carboxylic acid groups (broad SMARTS) is 1. The van der Waals surface area contributed by atoms with Gasteiger partial charge in [0.2, 0.25) is 0 Å². The Kier molecular flexibility index (Phi) is 34.1. The molecule has 0 aliphatic carbocycles. The van der Waals surface area contributed by atoms with Gasteiger partial charge in [-0.1, -0.05) is 0 Å². The number of amides is 1. The van der Waals surface area contributed by atoms with Crippen LogP contribution >= 0.6 is 0 Å². The van der Waals surface area contributed by atoms with Gasteiger partial charge in [-0.3, -0.25) is 4.79 Å². The number of aliphatic carboxylic acids is 1. The van der Waals surface area contributed by atoms with Crippen molar-refractivity contribution in [2.75, 3.05) is 19.8 Å². The van der Waals surface area contributed by atoms with E-state index in [0.29, 0.717) is 0 Å². The second-order valence-electron chi connectivity index (χ2n) is 4.58. The quantitative estimate of drug-likeness (QED) is 0.279. The Labute approximate surface area is 149 Å². The van der Waals surface area contributed by atoms with E-state index in [-0.39, 0.29) is 47.5 Å². The van der Waals surface area contributed by atoms with Crippen LogP contribution < -0.4 is 5.32 Å². The standard InChI is InChI=1S/C8H14NO3.3C2H6O.Ti/c1-5(7(11)12)6(10)9-8(2,3)4;3*1-2-3;/h1-4H3,(H,9,10)(H,11,12);3*3H,2H2,1H3;/q-1;;;;. The Balaban J connectivity index is -0.0000000802. The first-order valence-electron chi connectivity index (χ1n) is 6.70. The fraction of sp³-hybridized carbons (Fsp3) is 0.786. The number of rotatable bonds is 2. The van der Waals surface area contributed by atoms with Crippen LogP contribution in [0.25, 0.3) is 0 Å². The average Bonchev–Trinajstić information content (AvgIpc) is 2.28. The third-order valence-electron chi connectivity index (χ3n) is 1.15. The molecule has 134 valence electrons. The van der Waals surface area contributed by atoms with Crippen molar-refractivity contribution in [3.05, 3.63) is 5.92 Å². The van der Waals surface area contributed by atoms with Crippen molar-refractivity contribution in [3.63, 3.8) is 0 Å². The molecular formula is C14H32NO6Ti-. The summed E-state index contributed by atoms with van der Waals surface area (Å²) in [4.78, 5) is 21.4. The second kappa shape index (κ2) is 22.7. The van der Waals surface area contributed by atoms with Crippen LogP contribution in [0.2, 0.25) is 0 Å². The molecule has 8 heteroatoms. The normalized spacial score (nSPS) is 8.27. The van der Waals surface area contributed by atoms with Crippen LogP contribution in [0.15, 0.2) is 0 Å². The molecule has 0 rings (SSSR count). The molecule has 7 nitrogen and oxygen atoms in total. The van der Waals surface area contributed by atoms with Crippen LogP contribution in [0.1, 0.15) is 48.5 Å². The maximum Gasteiger partial charge on any atom is 0.174 e. The van der Waals surface area contributed by atoms with E-state index in [9.17, 15) is 9.59 Å². The summed E-state index contributed by atoms with van der Waals surface area (Å²) in [6.45, 7) is 12.4. The molecule has 1 amide bonds. The maximum absolute atomic E-state index is 11.1. The topological polar surface area (TPSA) is 127 Å². The molecule has 0 aromatic carbocycles. The predicted molar refractivity (Wildman–Crippen MR) is 82.7 cm³/mol. The SMILES string of the molecule is CCO.CCO.CCO.C[C-](C(=O)O)C(=O)NC(C)(C)C.[Ti]. The number of carbonyl (C=O) groups is 2. The van der Waals surface area contributed by atoms with Crippen LogP contribution in [0.4, 0.5) is 0 Å². The van der Waals surface area contributed by atoms with Gasteiger partial charge in [0.1, 0.15) is 0 Å². The molecule has 0 aliphatic rings. The fourth-order valence-corrected chi connectivity index (χ4v) is 0.531. The summed E-state index contributed by atoms with van der Waals surface area (Å²) in [5, 5.41) is 33.7. The molecule has 0 atom stereocenters. The van der Waals surface area contributed by atoms with Crippen molar-refractivity contribution in [2.24, 2.45) is 0 Å². The Morgan fingerprint density at radius 2 is 1.18 bits per heavy atom. The summed E-state index contributed by atoms with van der Waals surface area (Å²) in [6.07, 6.45) is 0. The third-order valence-corrected chi connectivity index (χ3v) is 1.15. The molecule has 0 saturated heterocycles. The van der Waals surface area contributed by atoms with Gasteiger partial charge in [0, 0.05) is 47.1 Å². The van der Waals surface area contributed by atoms with Gasteiger partial charge >= 0.3 is 0 Å². The zero-order valence-electron chi connectivity index (χ0n) is 14.7. The first-order valence-corrected chi connectivity index (χ1v) is 6.70. The molecule has 22 heavy (non-hydrogen) atoms. The minimum Gasteiger partial charge on any atom is -0.503 e. The molecule has 0 aliphatic heterocycles. The second-order valence-corrected chi connectivity index (χ2v) is 4.58. The van der Waals surface area contributed by atoms with Crippen LogP contribution in [-0.4, -0.2) is 57.7 Å². The number of nitrogens with one attached hydrogen (secondary N) is 1. The number of hydrogen-bond acceptors (Lipinski definition) is 5. The molecule has 0 aromatic heterocycles. The number of carbonyl (C=O) groups excluding carboxylic acids is 1. The van der Waals surface area contributed by atoms with Gasteiger partial charge in [-0.2, -0.15) is 12.8 Å². The Morgan fingerprint density at radius 3 is 1.32 bits per heavy atom. The van der Waals surface area contributed by atoms with Gasteiger partial charge in [0.25, 0.3) is 0 Å². The van der Waals surface area contributed by atoms with Crippen LogP contribution in [0, 0.1) is 5.92 Å². The molecule has 0 bridgehead atoms. The van der Waals surface area contributed by atoms with Crippen molar-refractivity contribution < 1.29 is 51.7 Å². The predicted octanol–water partition coefficient (Wildman–Crippen LogP) is 0.573. The average molecular weight is 358 g/mol. The Hall–Kier alpha value is -0.596. The summed E-state index contributed by atoms with van der Waals surface area (Å²) >= 11 is 0. The van der Waals surface area contributed by atoms with E-state index in [1.807, 2.05) is 0 Å². The van der Waals surface area contributed by atoms with E-state index in [2.05, 4.69) is 5.32 Å². The Morgan fingerprint density at radius 1 is 0.955 bits per heavy atom. The van der Waals surface area contributed by atoms with Gasteiger partial charge in [-0.05, 0) is 41.5 Å². The van der Waals surface area contributed by atoms with Crippen molar-refractivity contribution in [1.82, 2.24) is 5.32 Å². The fourth-order valence-electron chi connectivity index (χ4n) is 0.531. The largest absolute Gasteiger partial charge is 0.503 e. The minimum absolute atomic E-state index is 0. The summed E-state index contributed by atoms with van der Waals surface area (Å²) in [6, 6.07) is 0. The Bertz CT molecular complexity index is 239. The van der Waals surface area contributed by atoms with Gasteiger partial charge < -0.3 is 30.5 Å². The van der Waals surface area contributed by atoms with E-state index < -0.39 is 17.4 Å².